The molecule has 5 fully saturated rings. The Labute approximate surface area is 189 Å². The minimum Gasteiger partial charge on any atom is -0.339 e. The van der Waals surface area contributed by atoms with E-state index in [1.165, 1.54) is 19.3 Å². The molecule has 1 saturated heterocycles. The lowest BCUT2D eigenvalue weighted by atomic mass is 9.49. The van der Waals surface area contributed by atoms with Gasteiger partial charge in [-0.1, -0.05) is 18.2 Å². The van der Waals surface area contributed by atoms with Crippen LogP contribution in [0, 0.1) is 30.1 Å². The Kier molecular flexibility index (Phi) is 4.67. The summed E-state index contributed by atoms with van der Waals surface area (Å²) < 4.78 is 1.82. The molecule has 0 N–H and O–H groups in total. The number of aryl methyl sites for hydroxylation is 1. The van der Waals surface area contributed by atoms with Crippen molar-refractivity contribution in [2.75, 3.05) is 26.2 Å². The Morgan fingerprint density at radius 3 is 2.03 bits per heavy atom. The Bertz CT molecular complexity index is 1000. The van der Waals surface area contributed by atoms with E-state index >= 15 is 0 Å². The van der Waals surface area contributed by atoms with Crippen molar-refractivity contribution in [2.24, 2.45) is 23.2 Å². The standard InChI is InChI=1S/C26H32N4O2/c1-18-11-23(27-30(18)22-5-3-2-4-6-22)24(31)28-7-9-29(10-8-28)25(32)26-15-19-12-20(16-26)14-21(13-19)17-26/h2-6,11,19-21H,7-10,12-17H2,1H3. The highest BCUT2D eigenvalue weighted by Gasteiger charge is 2.55. The van der Waals surface area contributed by atoms with Gasteiger partial charge in [0, 0.05) is 31.9 Å². The van der Waals surface area contributed by atoms with Crippen molar-refractivity contribution in [3.05, 3.63) is 47.8 Å². The van der Waals surface area contributed by atoms with Crippen LogP contribution in [0.5, 0.6) is 0 Å². The number of piperazine rings is 1. The molecule has 1 aliphatic heterocycles. The van der Waals surface area contributed by atoms with Gasteiger partial charge in [-0.25, -0.2) is 4.68 Å². The van der Waals surface area contributed by atoms with Gasteiger partial charge in [-0.05, 0) is 81.4 Å². The minimum absolute atomic E-state index is 0.0373. The van der Waals surface area contributed by atoms with Gasteiger partial charge < -0.3 is 9.80 Å². The fraction of sp³-hybridized carbons (Fsp3) is 0.577. The van der Waals surface area contributed by atoms with Crippen molar-refractivity contribution in [3.63, 3.8) is 0 Å². The molecule has 32 heavy (non-hydrogen) atoms. The molecule has 7 rings (SSSR count). The summed E-state index contributed by atoms with van der Waals surface area (Å²) in [4.78, 5) is 30.7. The SMILES string of the molecule is Cc1cc(C(=O)N2CCN(C(=O)C34CC5CC(CC(C5)C3)C4)CC2)nn1-c1ccccc1. The molecule has 4 saturated carbocycles. The Balaban J connectivity index is 1.12. The maximum absolute atomic E-state index is 13.6. The number of hydrogen-bond donors (Lipinski definition) is 0. The van der Waals surface area contributed by atoms with Crippen molar-refractivity contribution in [1.82, 2.24) is 19.6 Å². The summed E-state index contributed by atoms with van der Waals surface area (Å²) in [7, 11) is 0. The van der Waals surface area contributed by atoms with Crippen molar-refractivity contribution in [2.45, 2.75) is 45.4 Å². The lowest BCUT2D eigenvalue weighted by Crippen LogP contribution is -2.58. The second-order valence-corrected chi connectivity index (χ2v) is 10.7. The first-order valence-corrected chi connectivity index (χ1v) is 12.2. The maximum atomic E-state index is 13.6. The predicted molar refractivity (Wildman–Crippen MR) is 121 cm³/mol. The minimum atomic E-state index is -0.0908. The molecule has 6 heteroatoms. The maximum Gasteiger partial charge on any atom is 0.274 e. The third-order valence-corrected chi connectivity index (χ3v) is 8.45. The number of aromatic nitrogens is 2. The number of amides is 2. The average molecular weight is 433 g/mol. The summed E-state index contributed by atoms with van der Waals surface area (Å²) in [6.07, 6.45) is 7.37. The van der Waals surface area contributed by atoms with Gasteiger partial charge in [0.1, 0.15) is 0 Å². The van der Waals surface area contributed by atoms with Crippen LogP contribution in [0.1, 0.15) is 54.7 Å². The molecule has 0 unspecified atom stereocenters. The smallest absolute Gasteiger partial charge is 0.274 e. The van der Waals surface area contributed by atoms with Crippen LogP contribution in [0.25, 0.3) is 5.69 Å². The highest BCUT2D eigenvalue weighted by molar-refractivity contribution is 5.93. The van der Waals surface area contributed by atoms with Crippen molar-refractivity contribution < 1.29 is 9.59 Å². The lowest BCUT2D eigenvalue weighted by Gasteiger charge is -2.57. The van der Waals surface area contributed by atoms with E-state index in [4.69, 9.17) is 0 Å². The molecule has 6 nitrogen and oxygen atoms in total. The molecular weight excluding hydrogens is 400 g/mol. The topological polar surface area (TPSA) is 58.4 Å². The van der Waals surface area contributed by atoms with Crippen LogP contribution >= 0.6 is 0 Å². The number of hydrogen-bond acceptors (Lipinski definition) is 3. The zero-order valence-electron chi connectivity index (χ0n) is 18.9. The van der Waals surface area contributed by atoms with E-state index in [0.29, 0.717) is 37.8 Å². The number of carbonyl (C=O) groups excluding carboxylic acids is 2. The van der Waals surface area contributed by atoms with Gasteiger partial charge in [0.25, 0.3) is 5.91 Å². The van der Waals surface area contributed by atoms with Crippen LogP contribution in [-0.4, -0.2) is 57.6 Å². The summed E-state index contributed by atoms with van der Waals surface area (Å²) in [6, 6.07) is 11.8. The van der Waals surface area contributed by atoms with Crippen LogP contribution in [0.3, 0.4) is 0 Å². The zero-order valence-corrected chi connectivity index (χ0v) is 18.9. The van der Waals surface area contributed by atoms with E-state index in [0.717, 1.165) is 48.4 Å². The molecule has 2 aromatic rings. The van der Waals surface area contributed by atoms with E-state index in [9.17, 15) is 9.59 Å². The van der Waals surface area contributed by atoms with Crippen LogP contribution in [0.2, 0.25) is 0 Å². The van der Waals surface area contributed by atoms with Gasteiger partial charge in [-0.3, -0.25) is 9.59 Å². The summed E-state index contributed by atoms with van der Waals surface area (Å²) in [6.45, 7) is 4.44. The van der Waals surface area contributed by atoms with Gasteiger partial charge in [0.15, 0.2) is 5.69 Å². The van der Waals surface area contributed by atoms with E-state index < -0.39 is 0 Å². The first-order valence-electron chi connectivity index (χ1n) is 12.2. The molecule has 4 aliphatic carbocycles. The van der Waals surface area contributed by atoms with Gasteiger partial charge in [0.05, 0.1) is 11.1 Å². The van der Waals surface area contributed by atoms with Crippen LogP contribution in [0.15, 0.2) is 36.4 Å². The summed E-state index contributed by atoms with van der Waals surface area (Å²) >= 11 is 0. The van der Waals surface area contributed by atoms with Crippen molar-refractivity contribution in [3.8, 4) is 5.69 Å². The predicted octanol–water partition coefficient (Wildman–Crippen LogP) is 3.68. The van der Waals surface area contributed by atoms with Crippen LogP contribution < -0.4 is 0 Å². The highest BCUT2D eigenvalue weighted by Crippen LogP contribution is 2.60. The fourth-order valence-electron chi connectivity index (χ4n) is 7.39. The van der Waals surface area contributed by atoms with E-state index in [2.05, 4.69) is 10.00 Å². The molecule has 0 atom stereocenters. The molecule has 2 amide bonds. The number of nitrogens with zero attached hydrogens (tertiary/aromatic N) is 4. The van der Waals surface area contributed by atoms with Crippen molar-refractivity contribution >= 4 is 11.8 Å². The first kappa shape index (κ1) is 20.0. The third-order valence-electron chi connectivity index (χ3n) is 8.45. The van der Waals surface area contributed by atoms with E-state index in [1.54, 1.807) is 0 Å². The molecule has 168 valence electrons. The molecule has 0 radical (unpaired) electrons. The van der Waals surface area contributed by atoms with Gasteiger partial charge >= 0.3 is 0 Å². The monoisotopic (exact) mass is 432 g/mol. The third kappa shape index (κ3) is 3.26. The Morgan fingerprint density at radius 1 is 0.875 bits per heavy atom. The summed E-state index contributed by atoms with van der Waals surface area (Å²) in [5.41, 5.74) is 2.28. The molecule has 1 aromatic carbocycles. The lowest BCUT2D eigenvalue weighted by molar-refractivity contribution is -0.159. The molecule has 4 bridgehead atoms. The fourth-order valence-corrected chi connectivity index (χ4v) is 7.39. The molecule has 0 spiro atoms. The summed E-state index contributed by atoms with van der Waals surface area (Å²) in [5.74, 6) is 2.67. The normalized spacial score (nSPS) is 31.2. The molecular formula is C26H32N4O2. The van der Waals surface area contributed by atoms with E-state index in [1.807, 2.05) is 52.9 Å². The Hall–Kier alpha value is -2.63. The number of rotatable bonds is 3. The molecule has 1 aromatic heterocycles. The number of benzene rings is 1. The van der Waals surface area contributed by atoms with Gasteiger partial charge in [-0.15, -0.1) is 0 Å². The largest absolute Gasteiger partial charge is 0.339 e. The van der Waals surface area contributed by atoms with E-state index in [-0.39, 0.29) is 11.3 Å². The first-order chi connectivity index (χ1) is 15.5. The van der Waals surface area contributed by atoms with Gasteiger partial charge in [-0.2, -0.15) is 5.10 Å². The van der Waals surface area contributed by atoms with Crippen LogP contribution in [-0.2, 0) is 4.79 Å². The molecule has 5 aliphatic rings. The van der Waals surface area contributed by atoms with Crippen LogP contribution in [0.4, 0.5) is 0 Å². The zero-order chi connectivity index (χ0) is 21.9. The average Bonchev–Trinajstić information content (AvgIpc) is 3.19. The number of carbonyl (C=O) groups is 2. The van der Waals surface area contributed by atoms with Crippen molar-refractivity contribution in [1.29, 1.82) is 0 Å². The van der Waals surface area contributed by atoms with Gasteiger partial charge in [0.2, 0.25) is 5.91 Å². The Morgan fingerprint density at radius 2 is 1.44 bits per heavy atom. The highest BCUT2D eigenvalue weighted by atomic mass is 16.2. The second-order valence-electron chi connectivity index (χ2n) is 10.7. The quantitative estimate of drug-likeness (QED) is 0.743. The molecule has 2 heterocycles. The number of para-hydroxylation sites is 1. The summed E-state index contributed by atoms with van der Waals surface area (Å²) in [5, 5.41) is 4.58. The second kappa shape index (κ2) is 7.46.